The predicted molar refractivity (Wildman–Crippen MR) is 104 cm³/mol. The average Bonchev–Trinajstić information content (AvgIpc) is 2.62. The van der Waals surface area contributed by atoms with Crippen LogP contribution in [0.1, 0.15) is 39.2 Å². The third-order valence-corrected chi connectivity index (χ3v) is 4.77. The Kier molecular flexibility index (Phi) is 8.83. The molecule has 25 heavy (non-hydrogen) atoms. The van der Waals surface area contributed by atoms with Crippen LogP contribution >= 0.6 is 11.8 Å². The lowest BCUT2D eigenvalue weighted by Crippen LogP contribution is -2.49. The third-order valence-electron chi connectivity index (χ3n) is 4.12. The summed E-state index contributed by atoms with van der Waals surface area (Å²) in [5.74, 6) is 1.38. The number of ether oxygens (including phenoxy) is 1. The monoisotopic (exact) mass is 366 g/mol. The molecule has 0 aliphatic rings. The summed E-state index contributed by atoms with van der Waals surface area (Å²) in [6, 6.07) is 7.32. The Bertz CT molecular complexity index is 576. The van der Waals surface area contributed by atoms with Crippen LogP contribution in [0.3, 0.4) is 0 Å². The molecule has 0 unspecified atom stereocenters. The summed E-state index contributed by atoms with van der Waals surface area (Å²) >= 11 is 1.66. The van der Waals surface area contributed by atoms with Gasteiger partial charge in [-0.25, -0.2) is 0 Å². The number of nitrogens with one attached hydrogen (secondary N) is 2. The van der Waals surface area contributed by atoms with Gasteiger partial charge in [0.2, 0.25) is 11.8 Å². The van der Waals surface area contributed by atoms with Gasteiger partial charge in [-0.1, -0.05) is 39.0 Å². The number of amides is 2. The van der Waals surface area contributed by atoms with Gasteiger partial charge < -0.3 is 15.4 Å². The largest absolute Gasteiger partial charge is 0.496 e. The molecule has 0 saturated carbocycles. The molecule has 6 heteroatoms. The van der Waals surface area contributed by atoms with Crippen LogP contribution in [0.15, 0.2) is 24.3 Å². The molecule has 0 radical (unpaired) electrons. The van der Waals surface area contributed by atoms with Gasteiger partial charge >= 0.3 is 0 Å². The Morgan fingerprint density at radius 2 is 1.96 bits per heavy atom. The highest BCUT2D eigenvalue weighted by atomic mass is 32.2. The standard InChI is InChI=1S/C19H30N2O3S/c1-6-17(22)21-15(11-12-25-5)18(23)20-13-19(2,3)14-9-7-8-10-16(14)24-4/h7-10,15H,6,11-13H2,1-5H3,(H,20,23)(H,21,22)/t15-/m1/s1. The lowest BCUT2D eigenvalue weighted by Gasteiger charge is -2.28. The molecule has 2 N–H and O–H groups in total. The van der Waals surface area contributed by atoms with Gasteiger partial charge in [0, 0.05) is 23.9 Å². The Labute approximate surface area is 155 Å². The van der Waals surface area contributed by atoms with Crippen LogP contribution in [-0.2, 0) is 15.0 Å². The van der Waals surface area contributed by atoms with Crippen molar-refractivity contribution < 1.29 is 14.3 Å². The fourth-order valence-electron chi connectivity index (χ4n) is 2.53. The molecular weight excluding hydrogens is 336 g/mol. The minimum absolute atomic E-state index is 0.106. The lowest BCUT2D eigenvalue weighted by molar-refractivity contribution is -0.129. The van der Waals surface area contributed by atoms with E-state index in [1.165, 1.54) is 0 Å². The molecule has 0 bridgehead atoms. The lowest BCUT2D eigenvalue weighted by atomic mass is 9.84. The van der Waals surface area contributed by atoms with E-state index in [0.29, 0.717) is 19.4 Å². The summed E-state index contributed by atoms with van der Waals surface area (Å²) in [6.45, 7) is 6.37. The molecule has 1 aromatic rings. The van der Waals surface area contributed by atoms with Crippen molar-refractivity contribution in [1.29, 1.82) is 0 Å². The molecule has 0 aliphatic heterocycles. The van der Waals surface area contributed by atoms with Gasteiger partial charge in [0.1, 0.15) is 11.8 Å². The summed E-state index contributed by atoms with van der Waals surface area (Å²) in [6.07, 6.45) is 2.98. The number of benzene rings is 1. The Balaban J connectivity index is 2.77. The normalized spacial score (nSPS) is 12.4. The van der Waals surface area contributed by atoms with Crippen LogP contribution < -0.4 is 15.4 Å². The molecule has 1 rings (SSSR count). The van der Waals surface area contributed by atoms with Crippen molar-refractivity contribution >= 4 is 23.6 Å². The number of hydrogen-bond acceptors (Lipinski definition) is 4. The maximum atomic E-state index is 12.6. The molecule has 0 spiro atoms. The SMILES string of the molecule is CCC(=O)N[C@H](CCSC)C(=O)NCC(C)(C)c1ccccc1OC. The van der Waals surface area contributed by atoms with Crippen LogP contribution in [0, 0.1) is 0 Å². The first-order valence-electron chi connectivity index (χ1n) is 8.55. The quantitative estimate of drug-likeness (QED) is 0.668. The van der Waals surface area contributed by atoms with E-state index >= 15 is 0 Å². The number of carbonyl (C=O) groups is 2. The predicted octanol–water partition coefficient (Wildman–Crippen LogP) is 2.74. The van der Waals surface area contributed by atoms with Gasteiger partial charge in [0.25, 0.3) is 0 Å². The molecule has 140 valence electrons. The first-order chi connectivity index (χ1) is 11.9. The molecule has 0 fully saturated rings. The minimum Gasteiger partial charge on any atom is -0.496 e. The maximum absolute atomic E-state index is 12.6. The summed E-state index contributed by atoms with van der Waals surface area (Å²) in [5.41, 5.74) is 0.747. The van der Waals surface area contributed by atoms with Crippen LogP contribution in [0.25, 0.3) is 0 Å². The number of thioether (sulfide) groups is 1. The highest BCUT2D eigenvalue weighted by Gasteiger charge is 2.27. The Hall–Kier alpha value is -1.69. The second-order valence-corrected chi connectivity index (χ2v) is 7.54. The van der Waals surface area contributed by atoms with Gasteiger partial charge in [0.15, 0.2) is 0 Å². The van der Waals surface area contributed by atoms with Gasteiger partial charge in [-0.3, -0.25) is 9.59 Å². The van der Waals surface area contributed by atoms with Crippen molar-refractivity contribution in [2.45, 2.75) is 45.1 Å². The molecule has 2 amide bonds. The number of rotatable bonds is 10. The number of carbonyl (C=O) groups excluding carboxylic acids is 2. The molecule has 0 aliphatic carbocycles. The van der Waals surface area contributed by atoms with Crippen LogP contribution in [0.2, 0.25) is 0 Å². The van der Waals surface area contributed by atoms with Crippen molar-refractivity contribution in [3.63, 3.8) is 0 Å². The number of para-hydroxylation sites is 1. The fraction of sp³-hybridized carbons (Fsp3) is 0.579. The minimum atomic E-state index is -0.492. The summed E-state index contributed by atoms with van der Waals surface area (Å²) in [5, 5.41) is 5.80. The molecule has 0 aromatic heterocycles. The second kappa shape index (κ2) is 10.3. The number of hydrogen-bond donors (Lipinski definition) is 2. The van der Waals surface area contributed by atoms with Crippen molar-refractivity contribution in [3.05, 3.63) is 29.8 Å². The van der Waals surface area contributed by atoms with Crippen LogP contribution in [0.5, 0.6) is 5.75 Å². The van der Waals surface area contributed by atoms with Crippen molar-refractivity contribution in [2.24, 2.45) is 0 Å². The van der Waals surface area contributed by atoms with Gasteiger partial charge in [-0.2, -0.15) is 11.8 Å². The highest BCUT2D eigenvalue weighted by molar-refractivity contribution is 7.98. The van der Waals surface area contributed by atoms with Crippen molar-refractivity contribution in [1.82, 2.24) is 10.6 Å². The van der Waals surface area contributed by atoms with Crippen molar-refractivity contribution in [2.75, 3.05) is 25.7 Å². The third kappa shape index (κ3) is 6.61. The maximum Gasteiger partial charge on any atom is 0.242 e. The molecule has 0 heterocycles. The molecule has 1 atom stereocenters. The van der Waals surface area contributed by atoms with Gasteiger partial charge in [-0.15, -0.1) is 0 Å². The second-order valence-electron chi connectivity index (χ2n) is 6.56. The smallest absolute Gasteiger partial charge is 0.242 e. The van der Waals surface area contributed by atoms with E-state index in [9.17, 15) is 9.59 Å². The van der Waals surface area contributed by atoms with Crippen LogP contribution in [0.4, 0.5) is 0 Å². The summed E-state index contributed by atoms with van der Waals surface area (Å²) < 4.78 is 5.43. The van der Waals surface area contributed by atoms with E-state index in [0.717, 1.165) is 17.1 Å². The first kappa shape index (κ1) is 21.4. The van der Waals surface area contributed by atoms with Gasteiger partial charge in [0.05, 0.1) is 7.11 Å². The van der Waals surface area contributed by atoms with E-state index in [4.69, 9.17) is 4.74 Å². The van der Waals surface area contributed by atoms with Crippen LogP contribution in [-0.4, -0.2) is 43.5 Å². The van der Waals surface area contributed by atoms with E-state index in [1.54, 1.807) is 25.8 Å². The van der Waals surface area contributed by atoms with Gasteiger partial charge in [-0.05, 0) is 24.5 Å². The number of methoxy groups -OCH3 is 1. The zero-order valence-corrected chi connectivity index (χ0v) is 16.7. The van der Waals surface area contributed by atoms with E-state index in [1.807, 2.05) is 30.5 Å². The molecule has 1 aromatic carbocycles. The summed E-state index contributed by atoms with van der Waals surface area (Å²) in [7, 11) is 1.65. The topological polar surface area (TPSA) is 67.4 Å². The molecule has 5 nitrogen and oxygen atoms in total. The van der Waals surface area contributed by atoms with E-state index in [-0.39, 0.29) is 17.2 Å². The fourth-order valence-corrected chi connectivity index (χ4v) is 3.00. The zero-order valence-electron chi connectivity index (χ0n) is 15.8. The summed E-state index contributed by atoms with van der Waals surface area (Å²) in [4.78, 5) is 24.2. The zero-order chi connectivity index (χ0) is 18.9. The first-order valence-corrected chi connectivity index (χ1v) is 9.94. The van der Waals surface area contributed by atoms with Crippen molar-refractivity contribution in [3.8, 4) is 5.75 Å². The molecule has 0 saturated heterocycles. The van der Waals surface area contributed by atoms with E-state index in [2.05, 4.69) is 24.5 Å². The Morgan fingerprint density at radius 1 is 1.28 bits per heavy atom. The average molecular weight is 367 g/mol. The van der Waals surface area contributed by atoms with E-state index < -0.39 is 6.04 Å². The molecular formula is C19H30N2O3S. The Morgan fingerprint density at radius 3 is 2.56 bits per heavy atom. The highest BCUT2D eigenvalue weighted by Crippen LogP contribution is 2.30.